The third-order valence-electron chi connectivity index (χ3n) is 2.59. The van der Waals surface area contributed by atoms with Crippen LogP contribution in [0.2, 0.25) is 5.02 Å². The fraction of sp³-hybridized carbons (Fsp3) is 0. The summed E-state index contributed by atoms with van der Waals surface area (Å²) in [6, 6.07) is 6.92. The van der Waals surface area contributed by atoms with Gasteiger partial charge in [0.15, 0.2) is 0 Å². The third kappa shape index (κ3) is 3.46. The molecule has 0 fully saturated rings. The summed E-state index contributed by atoms with van der Waals surface area (Å²) in [6.07, 6.45) is 0. The number of benzene rings is 2. The summed E-state index contributed by atoms with van der Waals surface area (Å²) < 4.78 is 13.3. The van der Waals surface area contributed by atoms with Gasteiger partial charge in [-0.3, -0.25) is 10.1 Å². The molecule has 2 rings (SSSR count). The monoisotopic (exact) mass is 310 g/mol. The van der Waals surface area contributed by atoms with Crippen molar-refractivity contribution in [1.29, 1.82) is 0 Å². The van der Waals surface area contributed by atoms with E-state index >= 15 is 0 Å². The molecular formula is C13H8ClFN2O4. The molecule has 0 aliphatic heterocycles. The van der Waals surface area contributed by atoms with E-state index < -0.39 is 22.4 Å². The number of carboxylic acids is 1. The predicted molar refractivity (Wildman–Crippen MR) is 74.7 cm³/mol. The zero-order valence-corrected chi connectivity index (χ0v) is 11.1. The number of rotatable bonds is 4. The largest absolute Gasteiger partial charge is 0.478 e. The van der Waals surface area contributed by atoms with Crippen LogP contribution >= 0.6 is 11.6 Å². The molecule has 0 unspecified atom stereocenters. The summed E-state index contributed by atoms with van der Waals surface area (Å²) in [5, 5.41) is 22.3. The van der Waals surface area contributed by atoms with E-state index in [4.69, 9.17) is 16.7 Å². The maximum Gasteiger partial charge on any atom is 0.335 e. The van der Waals surface area contributed by atoms with E-state index in [1.807, 2.05) is 0 Å². The molecule has 2 N–H and O–H groups in total. The normalized spacial score (nSPS) is 10.2. The molecule has 21 heavy (non-hydrogen) atoms. The molecule has 0 radical (unpaired) electrons. The van der Waals surface area contributed by atoms with Crippen molar-refractivity contribution in [3.8, 4) is 0 Å². The van der Waals surface area contributed by atoms with Gasteiger partial charge in [0.25, 0.3) is 5.69 Å². The number of hydrogen-bond donors (Lipinski definition) is 2. The lowest BCUT2D eigenvalue weighted by atomic mass is 10.2. The number of nitrogens with zero attached hydrogens (tertiary/aromatic N) is 1. The Morgan fingerprint density at radius 1 is 1.29 bits per heavy atom. The SMILES string of the molecule is O=C(O)c1ccc(Nc2cc(F)cc([N+](=O)[O-])c2)c(Cl)c1. The molecule has 0 aliphatic rings. The Hall–Kier alpha value is -2.67. The first kappa shape index (κ1) is 14.7. The Balaban J connectivity index is 2.34. The Kier molecular flexibility index (Phi) is 4.04. The van der Waals surface area contributed by atoms with Gasteiger partial charge < -0.3 is 10.4 Å². The molecule has 6 nitrogen and oxygen atoms in total. The highest BCUT2D eigenvalue weighted by Crippen LogP contribution is 2.28. The average molecular weight is 311 g/mol. The number of aromatic carboxylic acids is 1. The number of carboxylic acid groups (broad SMARTS) is 1. The van der Waals surface area contributed by atoms with E-state index in [0.717, 1.165) is 18.2 Å². The lowest BCUT2D eigenvalue weighted by Crippen LogP contribution is -1.98. The molecule has 8 heteroatoms. The van der Waals surface area contributed by atoms with Crippen LogP contribution < -0.4 is 5.32 Å². The van der Waals surface area contributed by atoms with Crippen LogP contribution in [0.4, 0.5) is 21.5 Å². The number of carbonyl (C=O) groups is 1. The Morgan fingerprint density at radius 3 is 2.57 bits per heavy atom. The third-order valence-corrected chi connectivity index (χ3v) is 2.90. The van der Waals surface area contributed by atoms with Crippen molar-refractivity contribution >= 4 is 34.6 Å². The molecule has 2 aromatic rings. The van der Waals surface area contributed by atoms with Crippen molar-refractivity contribution < 1.29 is 19.2 Å². The van der Waals surface area contributed by atoms with Crippen LogP contribution in [-0.4, -0.2) is 16.0 Å². The minimum absolute atomic E-state index is 0.00391. The maximum atomic E-state index is 13.3. The quantitative estimate of drug-likeness (QED) is 0.661. The molecule has 108 valence electrons. The topological polar surface area (TPSA) is 92.5 Å². The molecule has 0 bridgehead atoms. The predicted octanol–water partition coefficient (Wildman–Crippen LogP) is 3.83. The standard InChI is InChI=1S/C13H8ClFN2O4/c14-11-3-7(13(18)19)1-2-12(11)16-9-4-8(15)5-10(6-9)17(20)21/h1-6,16H,(H,18,19). The lowest BCUT2D eigenvalue weighted by molar-refractivity contribution is -0.385. The molecule has 0 saturated carbocycles. The molecule has 0 aliphatic carbocycles. The minimum atomic E-state index is -1.13. The van der Waals surface area contributed by atoms with Crippen molar-refractivity contribution in [2.45, 2.75) is 0 Å². The molecule has 0 atom stereocenters. The zero-order chi connectivity index (χ0) is 15.6. The van der Waals surface area contributed by atoms with Gasteiger partial charge >= 0.3 is 5.97 Å². The van der Waals surface area contributed by atoms with Crippen molar-refractivity contribution in [3.05, 3.63) is 62.9 Å². The first-order valence-corrected chi connectivity index (χ1v) is 5.99. The minimum Gasteiger partial charge on any atom is -0.478 e. The number of nitro benzene ring substituents is 1. The highest BCUT2D eigenvalue weighted by atomic mass is 35.5. The van der Waals surface area contributed by atoms with E-state index in [0.29, 0.717) is 5.69 Å². The Bertz CT molecular complexity index is 736. The van der Waals surface area contributed by atoms with Gasteiger partial charge in [0.1, 0.15) is 5.82 Å². The van der Waals surface area contributed by atoms with E-state index in [-0.39, 0.29) is 16.3 Å². The van der Waals surface area contributed by atoms with E-state index in [1.54, 1.807) is 0 Å². The number of hydrogen-bond acceptors (Lipinski definition) is 4. The summed E-state index contributed by atoms with van der Waals surface area (Å²) in [5.41, 5.74) is 0.0276. The van der Waals surface area contributed by atoms with Gasteiger partial charge in [-0.2, -0.15) is 0 Å². The van der Waals surface area contributed by atoms with Crippen LogP contribution in [0.25, 0.3) is 0 Å². The van der Waals surface area contributed by atoms with Crippen molar-refractivity contribution in [2.75, 3.05) is 5.32 Å². The van der Waals surface area contributed by atoms with Crippen LogP contribution in [0, 0.1) is 15.9 Å². The molecule has 0 spiro atoms. The molecule has 0 amide bonds. The van der Waals surface area contributed by atoms with Gasteiger partial charge in [-0.15, -0.1) is 0 Å². The fourth-order valence-corrected chi connectivity index (χ4v) is 1.88. The second-order valence-electron chi connectivity index (χ2n) is 4.08. The van der Waals surface area contributed by atoms with Crippen molar-refractivity contribution in [3.63, 3.8) is 0 Å². The Morgan fingerprint density at radius 2 is 2.00 bits per heavy atom. The summed E-state index contributed by atoms with van der Waals surface area (Å²) >= 11 is 5.91. The summed E-state index contributed by atoms with van der Waals surface area (Å²) in [4.78, 5) is 20.7. The molecule has 2 aromatic carbocycles. The summed E-state index contributed by atoms with van der Waals surface area (Å²) in [7, 11) is 0. The Labute approximate surface area is 122 Å². The van der Waals surface area contributed by atoms with Crippen LogP contribution in [0.3, 0.4) is 0 Å². The first-order chi connectivity index (χ1) is 9.86. The smallest absolute Gasteiger partial charge is 0.335 e. The lowest BCUT2D eigenvalue weighted by Gasteiger charge is -2.09. The molecular weight excluding hydrogens is 303 g/mol. The first-order valence-electron chi connectivity index (χ1n) is 5.61. The average Bonchev–Trinajstić information content (AvgIpc) is 2.40. The van der Waals surface area contributed by atoms with Gasteiger partial charge in [0.05, 0.1) is 27.3 Å². The van der Waals surface area contributed by atoms with Gasteiger partial charge in [0.2, 0.25) is 0 Å². The number of anilines is 2. The van der Waals surface area contributed by atoms with Gasteiger partial charge in [-0.25, -0.2) is 9.18 Å². The highest BCUT2D eigenvalue weighted by molar-refractivity contribution is 6.33. The maximum absolute atomic E-state index is 13.3. The van der Waals surface area contributed by atoms with Crippen LogP contribution in [-0.2, 0) is 0 Å². The number of non-ortho nitro benzene ring substituents is 1. The van der Waals surface area contributed by atoms with Crippen LogP contribution in [0.5, 0.6) is 0 Å². The van der Waals surface area contributed by atoms with E-state index in [9.17, 15) is 19.3 Å². The van der Waals surface area contributed by atoms with Crippen LogP contribution in [0.1, 0.15) is 10.4 Å². The van der Waals surface area contributed by atoms with Gasteiger partial charge in [-0.1, -0.05) is 11.6 Å². The van der Waals surface area contributed by atoms with E-state index in [1.165, 1.54) is 18.2 Å². The van der Waals surface area contributed by atoms with Gasteiger partial charge in [-0.05, 0) is 24.3 Å². The van der Waals surface area contributed by atoms with Crippen LogP contribution in [0.15, 0.2) is 36.4 Å². The fourth-order valence-electron chi connectivity index (χ4n) is 1.66. The number of nitrogens with one attached hydrogen (secondary N) is 1. The molecule has 0 heterocycles. The second kappa shape index (κ2) is 5.76. The zero-order valence-electron chi connectivity index (χ0n) is 10.3. The summed E-state index contributed by atoms with van der Waals surface area (Å²) in [6.45, 7) is 0. The molecule has 0 aromatic heterocycles. The van der Waals surface area contributed by atoms with Crippen molar-refractivity contribution in [1.82, 2.24) is 0 Å². The number of nitro groups is 1. The number of halogens is 2. The molecule has 0 saturated heterocycles. The van der Waals surface area contributed by atoms with Crippen molar-refractivity contribution in [2.24, 2.45) is 0 Å². The summed E-state index contributed by atoms with van der Waals surface area (Å²) in [5.74, 6) is -1.91. The highest BCUT2D eigenvalue weighted by Gasteiger charge is 2.12. The van der Waals surface area contributed by atoms with Gasteiger partial charge in [0, 0.05) is 11.8 Å². The second-order valence-corrected chi connectivity index (χ2v) is 4.49. The van der Waals surface area contributed by atoms with E-state index in [2.05, 4.69) is 5.32 Å².